The Kier molecular flexibility index (Phi) is 8.12. The van der Waals surface area contributed by atoms with Crippen molar-refractivity contribution in [2.75, 3.05) is 0 Å². The van der Waals surface area contributed by atoms with Gasteiger partial charge in [-0.1, -0.05) is 182 Å². The van der Waals surface area contributed by atoms with Gasteiger partial charge in [-0.25, -0.2) is 15.0 Å². The lowest BCUT2D eigenvalue weighted by Crippen LogP contribution is -2.01. The summed E-state index contributed by atoms with van der Waals surface area (Å²) in [5.41, 5.74) is 13.3. The minimum absolute atomic E-state index is 0.582. The highest BCUT2D eigenvalue weighted by Gasteiger charge is 2.20. The monoisotopic (exact) mass is 703 g/mol. The van der Waals surface area contributed by atoms with Gasteiger partial charge in [0.05, 0.1) is 0 Å². The number of fused-ring (bicyclic) bond motifs is 3. The lowest BCUT2D eigenvalue weighted by molar-refractivity contribution is 0.669. The smallest absolute Gasteiger partial charge is 0.164 e. The van der Waals surface area contributed by atoms with Crippen LogP contribution in [0.1, 0.15) is 0 Å². The fourth-order valence-corrected chi connectivity index (χ4v) is 7.32. The zero-order valence-corrected chi connectivity index (χ0v) is 29.8. The quantitative estimate of drug-likeness (QED) is 0.166. The summed E-state index contributed by atoms with van der Waals surface area (Å²) >= 11 is 0. The molecule has 0 saturated carbocycles. The predicted octanol–water partition coefficient (Wildman–Crippen LogP) is 13.4. The van der Waals surface area contributed by atoms with E-state index >= 15 is 0 Å². The van der Waals surface area contributed by atoms with Crippen LogP contribution >= 0.6 is 0 Å². The second-order valence-electron chi connectivity index (χ2n) is 13.6. The Bertz CT molecular complexity index is 2820. The minimum atomic E-state index is 0.582. The molecule has 0 spiro atoms. The van der Waals surface area contributed by atoms with Crippen LogP contribution in [-0.2, 0) is 0 Å². The SMILES string of the molecule is c1ccc(-c2ccc(-c3cc(-c4nc(-c5ccc(-c6ccccc6)cc5)nc(-c5ccc(-c6ccccc6)cc5)n4)c4c(c3)oc3ccccc34)cc2)cc1. The maximum absolute atomic E-state index is 6.54. The van der Waals surface area contributed by atoms with Crippen LogP contribution in [0.25, 0.3) is 101 Å². The highest BCUT2D eigenvalue weighted by atomic mass is 16.3. The first kappa shape index (κ1) is 32.2. The number of aromatic nitrogens is 3. The number of hydrogen-bond donors (Lipinski definition) is 0. The highest BCUT2D eigenvalue weighted by Crippen LogP contribution is 2.40. The molecule has 0 unspecified atom stereocenters. The molecule has 0 saturated heterocycles. The van der Waals surface area contributed by atoms with E-state index in [9.17, 15) is 0 Å². The van der Waals surface area contributed by atoms with E-state index in [1.54, 1.807) is 0 Å². The van der Waals surface area contributed by atoms with E-state index in [0.717, 1.165) is 77.6 Å². The van der Waals surface area contributed by atoms with Gasteiger partial charge in [-0.3, -0.25) is 0 Å². The van der Waals surface area contributed by atoms with E-state index in [0.29, 0.717) is 17.5 Å². The van der Waals surface area contributed by atoms with Crippen LogP contribution in [-0.4, -0.2) is 15.0 Å². The third kappa shape index (κ3) is 6.26. The average molecular weight is 704 g/mol. The summed E-state index contributed by atoms with van der Waals surface area (Å²) in [6.07, 6.45) is 0. The number of benzene rings is 8. The van der Waals surface area contributed by atoms with Crippen LogP contribution in [0, 0.1) is 0 Å². The van der Waals surface area contributed by atoms with Gasteiger partial charge in [0.2, 0.25) is 0 Å². The van der Waals surface area contributed by atoms with Gasteiger partial charge in [-0.05, 0) is 62.7 Å². The van der Waals surface area contributed by atoms with E-state index in [1.165, 1.54) is 5.56 Å². The van der Waals surface area contributed by atoms with Crippen molar-refractivity contribution in [3.05, 3.63) is 200 Å². The summed E-state index contributed by atoms with van der Waals surface area (Å²) in [7, 11) is 0. The molecular formula is C51H33N3O. The van der Waals surface area contributed by atoms with Crippen molar-refractivity contribution in [2.24, 2.45) is 0 Å². The first-order valence-electron chi connectivity index (χ1n) is 18.4. The molecule has 2 aromatic heterocycles. The fourth-order valence-electron chi connectivity index (χ4n) is 7.32. The Morgan fingerprint density at radius 2 is 0.636 bits per heavy atom. The standard InChI is InChI=1S/C51H33N3O/c1-4-12-34(13-5-1)37-20-22-40(23-21-37)43-32-45(48-44-18-10-11-19-46(44)55-47(48)33-43)51-53-49(41-28-24-38(25-29-41)35-14-6-2-7-15-35)52-50(54-51)42-30-26-39(27-31-42)36-16-8-3-9-17-36/h1-33H. The fraction of sp³-hybridized carbons (Fsp3) is 0. The van der Waals surface area contributed by atoms with Crippen molar-refractivity contribution in [1.29, 1.82) is 0 Å². The average Bonchev–Trinajstić information content (AvgIpc) is 3.66. The second-order valence-corrected chi connectivity index (χ2v) is 13.6. The van der Waals surface area contributed by atoms with E-state index in [2.05, 4.69) is 164 Å². The number of hydrogen-bond acceptors (Lipinski definition) is 4. The Balaban J connectivity index is 1.15. The van der Waals surface area contributed by atoms with Crippen molar-refractivity contribution in [1.82, 2.24) is 15.0 Å². The number of furan rings is 1. The van der Waals surface area contributed by atoms with E-state index in [-0.39, 0.29) is 0 Å². The number of nitrogens with zero attached hydrogens (tertiary/aromatic N) is 3. The first-order valence-corrected chi connectivity index (χ1v) is 18.4. The van der Waals surface area contributed by atoms with Gasteiger partial charge in [0.1, 0.15) is 11.2 Å². The summed E-state index contributed by atoms with van der Waals surface area (Å²) in [5.74, 6) is 1.79. The zero-order valence-electron chi connectivity index (χ0n) is 29.8. The van der Waals surface area contributed by atoms with Crippen LogP contribution in [0.15, 0.2) is 205 Å². The molecule has 0 aliphatic rings. The first-order chi connectivity index (χ1) is 27.2. The van der Waals surface area contributed by atoms with Crippen molar-refractivity contribution in [3.8, 4) is 78.7 Å². The van der Waals surface area contributed by atoms with Crippen LogP contribution in [0.2, 0.25) is 0 Å². The van der Waals surface area contributed by atoms with Crippen LogP contribution in [0.4, 0.5) is 0 Å². The van der Waals surface area contributed by atoms with Crippen molar-refractivity contribution in [3.63, 3.8) is 0 Å². The molecule has 0 aliphatic carbocycles. The molecule has 0 amide bonds. The molecular weight excluding hydrogens is 671 g/mol. The van der Waals surface area contributed by atoms with Crippen LogP contribution in [0.3, 0.4) is 0 Å². The molecule has 0 bridgehead atoms. The summed E-state index contributed by atoms with van der Waals surface area (Å²) in [6.45, 7) is 0. The number of para-hydroxylation sites is 1. The maximum atomic E-state index is 6.54. The van der Waals surface area contributed by atoms with E-state index in [4.69, 9.17) is 19.4 Å². The van der Waals surface area contributed by atoms with Crippen molar-refractivity contribution >= 4 is 21.9 Å². The lowest BCUT2D eigenvalue weighted by atomic mass is 9.96. The van der Waals surface area contributed by atoms with Gasteiger partial charge in [0.25, 0.3) is 0 Å². The van der Waals surface area contributed by atoms with Gasteiger partial charge in [-0.15, -0.1) is 0 Å². The molecule has 0 fully saturated rings. The summed E-state index contributed by atoms with van der Waals surface area (Å²) in [5, 5.41) is 1.99. The third-order valence-electron chi connectivity index (χ3n) is 10.2. The molecule has 55 heavy (non-hydrogen) atoms. The minimum Gasteiger partial charge on any atom is -0.456 e. The molecule has 10 rings (SSSR count). The van der Waals surface area contributed by atoms with Crippen molar-refractivity contribution in [2.45, 2.75) is 0 Å². The lowest BCUT2D eigenvalue weighted by Gasteiger charge is -2.12. The van der Waals surface area contributed by atoms with Crippen LogP contribution in [0.5, 0.6) is 0 Å². The largest absolute Gasteiger partial charge is 0.456 e. The Morgan fingerprint density at radius 1 is 0.273 bits per heavy atom. The van der Waals surface area contributed by atoms with Gasteiger partial charge in [0, 0.05) is 27.5 Å². The van der Waals surface area contributed by atoms with Gasteiger partial charge in [-0.2, -0.15) is 0 Å². The molecule has 10 aromatic rings. The molecule has 4 heteroatoms. The Hall–Kier alpha value is -7.43. The topological polar surface area (TPSA) is 51.8 Å². The molecule has 8 aromatic carbocycles. The van der Waals surface area contributed by atoms with Gasteiger partial charge < -0.3 is 4.42 Å². The van der Waals surface area contributed by atoms with Crippen LogP contribution < -0.4 is 0 Å². The Labute approximate surface area is 319 Å². The summed E-state index contributed by atoms with van der Waals surface area (Å²) in [6, 6.07) is 69.3. The molecule has 0 atom stereocenters. The van der Waals surface area contributed by atoms with Crippen molar-refractivity contribution < 1.29 is 4.42 Å². The maximum Gasteiger partial charge on any atom is 0.164 e. The molecule has 0 radical (unpaired) electrons. The van der Waals surface area contributed by atoms with Gasteiger partial charge in [0.15, 0.2) is 17.5 Å². The summed E-state index contributed by atoms with van der Waals surface area (Å²) in [4.78, 5) is 15.6. The molecule has 2 heterocycles. The van der Waals surface area contributed by atoms with E-state index in [1.807, 2.05) is 36.4 Å². The van der Waals surface area contributed by atoms with E-state index < -0.39 is 0 Å². The molecule has 4 nitrogen and oxygen atoms in total. The third-order valence-corrected chi connectivity index (χ3v) is 10.2. The molecule has 0 N–H and O–H groups in total. The number of rotatable bonds is 7. The Morgan fingerprint density at radius 3 is 1.11 bits per heavy atom. The van der Waals surface area contributed by atoms with Gasteiger partial charge >= 0.3 is 0 Å². The predicted molar refractivity (Wildman–Crippen MR) is 225 cm³/mol. The summed E-state index contributed by atoms with van der Waals surface area (Å²) < 4.78 is 6.54. The second kappa shape index (κ2) is 13.8. The molecule has 258 valence electrons. The normalized spacial score (nSPS) is 11.3. The zero-order chi connectivity index (χ0) is 36.6. The molecule has 0 aliphatic heterocycles. The highest BCUT2D eigenvalue weighted by molar-refractivity contribution is 6.13.